The summed E-state index contributed by atoms with van der Waals surface area (Å²) in [4.78, 5) is 16.2. The summed E-state index contributed by atoms with van der Waals surface area (Å²) in [5, 5.41) is 3.48. The standard InChI is InChI=1S/C20H17ClN2OS/c1-23(17-7-5-6-15(21)14-17)20(24)22-16-10-12-19(13-11-16)25-18-8-3-2-4-9-18/h2-14H,1H3,(H,22,24). The van der Waals surface area contributed by atoms with Gasteiger partial charge < -0.3 is 5.32 Å². The normalized spacial score (nSPS) is 10.3. The largest absolute Gasteiger partial charge is 0.326 e. The first-order valence-electron chi connectivity index (χ1n) is 7.75. The molecule has 0 bridgehead atoms. The number of hydrogen-bond acceptors (Lipinski definition) is 2. The van der Waals surface area contributed by atoms with Crippen molar-refractivity contribution >= 4 is 40.8 Å². The van der Waals surface area contributed by atoms with Crippen molar-refractivity contribution in [2.45, 2.75) is 9.79 Å². The molecule has 0 radical (unpaired) electrons. The number of rotatable bonds is 4. The number of nitrogens with zero attached hydrogens (tertiary/aromatic N) is 1. The van der Waals surface area contributed by atoms with Crippen LogP contribution in [0.15, 0.2) is 88.7 Å². The topological polar surface area (TPSA) is 32.3 Å². The van der Waals surface area contributed by atoms with E-state index in [1.807, 2.05) is 54.6 Å². The van der Waals surface area contributed by atoms with Gasteiger partial charge in [-0.05, 0) is 54.6 Å². The van der Waals surface area contributed by atoms with Crippen LogP contribution in [-0.4, -0.2) is 13.1 Å². The lowest BCUT2D eigenvalue weighted by Gasteiger charge is -2.18. The highest BCUT2D eigenvalue weighted by Gasteiger charge is 2.11. The van der Waals surface area contributed by atoms with E-state index in [1.54, 1.807) is 30.9 Å². The van der Waals surface area contributed by atoms with Crippen molar-refractivity contribution in [2.75, 3.05) is 17.3 Å². The van der Waals surface area contributed by atoms with Gasteiger partial charge >= 0.3 is 6.03 Å². The molecule has 0 aliphatic heterocycles. The molecule has 1 N–H and O–H groups in total. The summed E-state index contributed by atoms with van der Waals surface area (Å²) in [7, 11) is 1.71. The van der Waals surface area contributed by atoms with Gasteiger partial charge in [0.2, 0.25) is 0 Å². The molecular formula is C20H17ClN2OS. The van der Waals surface area contributed by atoms with Gasteiger partial charge in [0.1, 0.15) is 0 Å². The number of anilines is 2. The Labute approximate surface area is 156 Å². The van der Waals surface area contributed by atoms with Gasteiger partial charge in [-0.3, -0.25) is 4.90 Å². The Bertz CT molecular complexity index is 853. The highest BCUT2D eigenvalue weighted by atomic mass is 35.5. The fraction of sp³-hybridized carbons (Fsp3) is 0.0500. The maximum atomic E-state index is 12.4. The van der Waals surface area contributed by atoms with Crippen molar-refractivity contribution in [1.82, 2.24) is 0 Å². The third-order valence-corrected chi connectivity index (χ3v) is 4.84. The van der Waals surface area contributed by atoms with Gasteiger partial charge in [0.25, 0.3) is 0 Å². The van der Waals surface area contributed by atoms with Crippen LogP contribution in [0.2, 0.25) is 5.02 Å². The second-order valence-electron chi connectivity index (χ2n) is 5.41. The predicted octanol–water partition coefficient (Wildman–Crippen LogP) is 6.16. The molecule has 0 aliphatic rings. The lowest BCUT2D eigenvalue weighted by atomic mass is 10.3. The summed E-state index contributed by atoms with van der Waals surface area (Å²) < 4.78 is 0. The lowest BCUT2D eigenvalue weighted by Crippen LogP contribution is -2.31. The lowest BCUT2D eigenvalue weighted by molar-refractivity contribution is 0.258. The minimum atomic E-state index is -0.217. The Balaban J connectivity index is 1.63. The number of benzene rings is 3. The molecule has 5 heteroatoms. The van der Waals surface area contributed by atoms with Crippen LogP contribution in [-0.2, 0) is 0 Å². The summed E-state index contributed by atoms with van der Waals surface area (Å²) >= 11 is 7.66. The molecular weight excluding hydrogens is 352 g/mol. The van der Waals surface area contributed by atoms with Crippen molar-refractivity contribution < 1.29 is 4.79 Å². The molecule has 0 aliphatic carbocycles. The first kappa shape index (κ1) is 17.4. The van der Waals surface area contributed by atoms with E-state index < -0.39 is 0 Å². The van der Waals surface area contributed by atoms with Crippen molar-refractivity contribution in [3.8, 4) is 0 Å². The van der Waals surface area contributed by atoms with Crippen molar-refractivity contribution in [1.29, 1.82) is 0 Å². The van der Waals surface area contributed by atoms with E-state index in [4.69, 9.17) is 11.6 Å². The summed E-state index contributed by atoms with van der Waals surface area (Å²) in [5.74, 6) is 0. The number of urea groups is 1. The van der Waals surface area contributed by atoms with E-state index in [0.29, 0.717) is 5.02 Å². The first-order valence-corrected chi connectivity index (χ1v) is 8.94. The molecule has 3 nitrogen and oxygen atoms in total. The van der Waals surface area contributed by atoms with E-state index in [9.17, 15) is 4.79 Å². The molecule has 126 valence electrons. The second kappa shape index (κ2) is 8.10. The van der Waals surface area contributed by atoms with Crippen LogP contribution in [0.4, 0.5) is 16.2 Å². The summed E-state index contributed by atoms with van der Waals surface area (Å²) in [6.45, 7) is 0. The molecule has 0 spiro atoms. The highest BCUT2D eigenvalue weighted by Crippen LogP contribution is 2.28. The molecule has 0 saturated heterocycles. The number of carbonyl (C=O) groups excluding carboxylic acids is 1. The van der Waals surface area contributed by atoms with E-state index in [1.165, 1.54) is 9.80 Å². The maximum absolute atomic E-state index is 12.4. The number of amides is 2. The zero-order valence-corrected chi connectivity index (χ0v) is 15.2. The molecule has 0 saturated carbocycles. The molecule has 0 fully saturated rings. The SMILES string of the molecule is CN(C(=O)Nc1ccc(Sc2ccccc2)cc1)c1cccc(Cl)c1. The quantitative estimate of drug-likeness (QED) is 0.598. The van der Waals surface area contributed by atoms with Gasteiger partial charge in [0.05, 0.1) is 0 Å². The summed E-state index contributed by atoms with van der Waals surface area (Å²) in [6, 6.07) is 24.9. The van der Waals surface area contributed by atoms with E-state index in [-0.39, 0.29) is 6.03 Å². The highest BCUT2D eigenvalue weighted by molar-refractivity contribution is 7.99. The Morgan fingerprint density at radius 2 is 1.60 bits per heavy atom. The first-order chi connectivity index (χ1) is 12.1. The Kier molecular flexibility index (Phi) is 5.64. The van der Waals surface area contributed by atoms with Crippen LogP contribution < -0.4 is 10.2 Å². The smallest absolute Gasteiger partial charge is 0.308 e. The molecule has 2 amide bonds. The van der Waals surface area contributed by atoms with Crippen LogP contribution in [0.25, 0.3) is 0 Å². The molecule has 0 aromatic heterocycles. The van der Waals surface area contributed by atoms with Crippen molar-refractivity contribution in [2.24, 2.45) is 0 Å². The fourth-order valence-electron chi connectivity index (χ4n) is 2.24. The average molecular weight is 369 g/mol. The van der Waals surface area contributed by atoms with Crippen LogP contribution in [0, 0.1) is 0 Å². The van der Waals surface area contributed by atoms with Gasteiger partial charge in [0, 0.05) is 33.2 Å². The monoisotopic (exact) mass is 368 g/mol. The van der Waals surface area contributed by atoms with Gasteiger partial charge in [-0.15, -0.1) is 0 Å². The zero-order chi connectivity index (χ0) is 17.6. The fourth-order valence-corrected chi connectivity index (χ4v) is 3.26. The maximum Gasteiger partial charge on any atom is 0.326 e. The predicted molar refractivity (Wildman–Crippen MR) is 106 cm³/mol. The zero-order valence-electron chi connectivity index (χ0n) is 13.6. The van der Waals surface area contributed by atoms with E-state index in [0.717, 1.165) is 16.3 Å². The molecule has 25 heavy (non-hydrogen) atoms. The van der Waals surface area contributed by atoms with Crippen LogP contribution in [0.1, 0.15) is 0 Å². The Hall–Kier alpha value is -2.43. The minimum absolute atomic E-state index is 0.217. The van der Waals surface area contributed by atoms with Crippen molar-refractivity contribution in [3.05, 3.63) is 83.9 Å². The van der Waals surface area contributed by atoms with E-state index >= 15 is 0 Å². The molecule has 3 aromatic carbocycles. The molecule has 3 rings (SSSR count). The second-order valence-corrected chi connectivity index (χ2v) is 6.99. The molecule has 3 aromatic rings. The minimum Gasteiger partial charge on any atom is -0.308 e. The molecule has 0 unspecified atom stereocenters. The summed E-state index contributed by atoms with van der Waals surface area (Å²) in [6.07, 6.45) is 0. The molecule has 0 atom stereocenters. The van der Waals surface area contributed by atoms with Gasteiger partial charge in [0.15, 0.2) is 0 Å². The Morgan fingerprint density at radius 1 is 0.920 bits per heavy atom. The van der Waals surface area contributed by atoms with Crippen LogP contribution in [0.5, 0.6) is 0 Å². The average Bonchev–Trinajstić information content (AvgIpc) is 2.63. The van der Waals surface area contributed by atoms with Gasteiger partial charge in [-0.1, -0.05) is 47.6 Å². The number of halogens is 1. The van der Waals surface area contributed by atoms with Gasteiger partial charge in [-0.25, -0.2) is 4.79 Å². The Morgan fingerprint density at radius 3 is 2.28 bits per heavy atom. The third kappa shape index (κ3) is 4.78. The van der Waals surface area contributed by atoms with Gasteiger partial charge in [-0.2, -0.15) is 0 Å². The van der Waals surface area contributed by atoms with Crippen LogP contribution in [0.3, 0.4) is 0 Å². The third-order valence-electron chi connectivity index (χ3n) is 3.58. The number of hydrogen-bond donors (Lipinski definition) is 1. The van der Waals surface area contributed by atoms with E-state index in [2.05, 4.69) is 17.4 Å². The van der Waals surface area contributed by atoms with Crippen LogP contribution >= 0.6 is 23.4 Å². The summed E-state index contributed by atoms with van der Waals surface area (Å²) in [5.41, 5.74) is 1.48. The number of carbonyl (C=O) groups is 1. The van der Waals surface area contributed by atoms with Crippen molar-refractivity contribution in [3.63, 3.8) is 0 Å². The molecule has 0 heterocycles. The number of nitrogens with one attached hydrogen (secondary N) is 1.